The van der Waals surface area contributed by atoms with Crippen LogP contribution in [0, 0.1) is 11.8 Å². The number of alkyl halides is 2. The second-order valence-electron chi connectivity index (χ2n) is 14.9. The van der Waals surface area contributed by atoms with Crippen LogP contribution in [0.3, 0.4) is 0 Å². The maximum atomic E-state index is 14.5. The Bertz CT molecular complexity index is 1810. The predicted octanol–water partition coefficient (Wildman–Crippen LogP) is 5.97. The molecule has 3 N–H and O–H groups in total. The van der Waals surface area contributed by atoms with Gasteiger partial charge in [-0.05, 0) is 99.1 Å². The lowest BCUT2D eigenvalue weighted by atomic mass is 9.89. The number of fused-ring (bicyclic) bond motifs is 1. The Morgan fingerprint density at radius 1 is 1.02 bits per heavy atom. The molecule has 3 fully saturated rings. The highest BCUT2D eigenvalue weighted by molar-refractivity contribution is 7.52. The standard InChI is InChI=1S/C38H49F2N4O7PS/c1-25(2)12-16-42-17-13-26(14-18-42)21-30(41-35(45)34-23-28-22-29(10-11-33(28)53-34)38(39,40)52(48,49)50)36(46)44-15-6-9-31(44)37(47)43-19-20-51-32(24-43)27-7-4-3-5-8-27/h3-5,7-8,10-11,22-23,25-26,30-32H,6,9,12-21,24H2,1-2H3,(H,41,45)(H2,48,49,50)/t30-,31-,32-/m0/s1. The fourth-order valence-corrected chi connectivity index (χ4v) is 9.02. The van der Waals surface area contributed by atoms with E-state index in [-0.39, 0.29) is 34.1 Å². The summed E-state index contributed by atoms with van der Waals surface area (Å²) in [4.78, 5) is 66.8. The number of halogens is 2. The molecule has 288 valence electrons. The second-order valence-corrected chi connectivity index (χ2v) is 17.7. The number of thiophene rings is 1. The van der Waals surface area contributed by atoms with Crippen LogP contribution in [0.25, 0.3) is 10.1 Å². The van der Waals surface area contributed by atoms with Crippen molar-refractivity contribution in [3.8, 4) is 0 Å². The molecule has 3 aromatic rings. The third-order valence-electron chi connectivity index (χ3n) is 10.7. The van der Waals surface area contributed by atoms with Gasteiger partial charge in [0.15, 0.2) is 0 Å². The van der Waals surface area contributed by atoms with Gasteiger partial charge in [-0.1, -0.05) is 50.2 Å². The van der Waals surface area contributed by atoms with E-state index in [0.717, 1.165) is 67.9 Å². The molecule has 3 saturated heterocycles. The summed E-state index contributed by atoms with van der Waals surface area (Å²) >= 11 is 1.04. The number of hydrogen-bond donors (Lipinski definition) is 3. The van der Waals surface area contributed by atoms with Gasteiger partial charge in [0, 0.05) is 23.4 Å². The van der Waals surface area contributed by atoms with Gasteiger partial charge in [0.2, 0.25) is 11.8 Å². The van der Waals surface area contributed by atoms with Crippen molar-refractivity contribution < 1.29 is 42.3 Å². The molecule has 0 aliphatic carbocycles. The Hall–Kier alpha value is -3.26. The minimum absolute atomic E-state index is 0.129. The molecule has 3 amide bonds. The Morgan fingerprint density at radius 3 is 2.45 bits per heavy atom. The lowest BCUT2D eigenvalue weighted by Crippen LogP contribution is -2.56. The van der Waals surface area contributed by atoms with Gasteiger partial charge in [-0.3, -0.25) is 18.9 Å². The molecular weight excluding hydrogens is 725 g/mol. The number of carbonyl (C=O) groups is 3. The van der Waals surface area contributed by atoms with E-state index in [1.54, 1.807) is 9.80 Å². The van der Waals surface area contributed by atoms with Gasteiger partial charge in [-0.2, -0.15) is 8.78 Å². The van der Waals surface area contributed by atoms with E-state index < -0.39 is 36.8 Å². The van der Waals surface area contributed by atoms with E-state index in [9.17, 15) is 37.5 Å². The van der Waals surface area contributed by atoms with Gasteiger partial charge in [-0.25, -0.2) is 0 Å². The average molecular weight is 775 g/mol. The largest absolute Gasteiger partial charge is 0.399 e. The quantitative estimate of drug-likeness (QED) is 0.192. The summed E-state index contributed by atoms with van der Waals surface area (Å²) in [5.74, 6) is -0.221. The van der Waals surface area contributed by atoms with Crippen LogP contribution in [-0.4, -0.2) is 100 Å². The van der Waals surface area contributed by atoms with Crippen molar-refractivity contribution in [2.45, 2.75) is 76.2 Å². The number of nitrogens with one attached hydrogen (secondary N) is 1. The van der Waals surface area contributed by atoms with Crippen molar-refractivity contribution in [1.29, 1.82) is 0 Å². The van der Waals surface area contributed by atoms with Gasteiger partial charge in [0.1, 0.15) is 18.2 Å². The third kappa shape index (κ3) is 9.17. The van der Waals surface area contributed by atoms with Gasteiger partial charge in [-0.15, -0.1) is 11.3 Å². The highest BCUT2D eigenvalue weighted by Gasteiger charge is 2.50. The molecule has 15 heteroatoms. The van der Waals surface area contributed by atoms with Gasteiger partial charge < -0.3 is 34.5 Å². The molecule has 3 aliphatic rings. The molecule has 11 nitrogen and oxygen atoms in total. The number of benzene rings is 2. The summed E-state index contributed by atoms with van der Waals surface area (Å²) < 4.78 is 46.9. The van der Waals surface area contributed by atoms with Gasteiger partial charge in [0.05, 0.1) is 18.0 Å². The smallest absolute Gasteiger partial charge is 0.370 e. The summed E-state index contributed by atoms with van der Waals surface area (Å²) in [6, 6.07) is 12.8. The fraction of sp³-hybridized carbons (Fsp3) is 0.553. The van der Waals surface area contributed by atoms with Gasteiger partial charge in [0.25, 0.3) is 5.91 Å². The van der Waals surface area contributed by atoms with Crippen LogP contribution in [0.1, 0.15) is 79.3 Å². The monoisotopic (exact) mass is 774 g/mol. The summed E-state index contributed by atoms with van der Waals surface area (Å²) in [6.45, 7) is 8.79. The highest BCUT2D eigenvalue weighted by atomic mass is 32.1. The number of ether oxygens (including phenoxy) is 1. The van der Waals surface area contributed by atoms with Crippen LogP contribution in [0.4, 0.5) is 8.78 Å². The van der Waals surface area contributed by atoms with E-state index >= 15 is 0 Å². The summed E-state index contributed by atoms with van der Waals surface area (Å²) in [7, 11) is -5.78. The van der Waals surface area contributed by atoms with Crippen LogP contribution in [0.15, 0.2) is 54.6 Å². The van der Waals surface area contributed by atoms with Crippen molar-refractivity contribution in [3.05, 3.63) is 70.6 Å². The Morgan fingerprint density at radius 2 is 1.75 bits per heavy atom. The number of likely N-dealkylation sites (tertiary alicyclic amines) is 2. The Kier molecular flexibility index (Phi) is 12.4. The molecule has 3 atom stereocenters. The van der Waals surface area contributed by atoms with Crippen LogP contribution in [0.5, 0.6) is 0 Å². The molecule has 53 heavy (non-hydrogen) atoms. The molecule has 0 radical (unpaired) electrons. The van der Waals surface area contributed by atoms with Crippen molar-refractivity contribution in [2.75, 3.05) is 45.9 Å². The van der Waals surface area contributed by atoms with E-state index in [0.29, 0.717) is 56.1 Å². The topological polar surface area (TPSA) is 140 Å². The van der Waals surface area contributed by atoms with Crippen LogP contribution < -0.4 is 5.32 Å². The summed E-state index contributed by atoms with van der Waals surface area (Å²) in [6.07, 6.45) is 4.15. The Balaban J connectivity index is 1.19. The van der Waals surface area contributed by atoms with E-state index in [2.05, 4.69) is 24.1 Å². The maximum absolute atomic E-state index is 14.5. The molecular formula is C38H49F2N4O7PS. The van der Waals surface area contributed by atoms with E-state index in [1.165, 1.54) is 12.1 Å². The van der Waals surface area contributed by atoms with Crippen molar-refractivity contribution in [2.24, 2.45) is 11.8 Å². The number of hydrogen-bond acceptors (Lipinski definition) is 7. The number of amides is 3. The first kappa shape index (κ1) is 39.4. The first-order chi connectivity index (χ1) is 25.2. The minimum Gasteiger partial charge on any atom is -0.370 e. The summed E-state index contributed by atoms with van der Waals surface area (Å²) in [5.41, 5.74) is -4.26. The second kappa shape index (κ2) is 16.6. The molecule has 6 rings (SSSR count). The number of rotatable bonds is 12. The molecule has 0 unspecified atom stereocenters. The van der Waals surface area contributed by atoms with Crippen LogP contribution in [0.2, 0.25) is 0 Å². The van der Waals surface area contributed by atoms with Crippen molar-refractivity contribution in [3.63, 3.8) is 0 Å². The molecule has 0 bridgehead atoms. The molecule has 4 heterocycles. The normalized spacial score (nSPS) is 21.3. The predicted molar refractivity (Wildman–Crippen MR) is 199 cm³/mol. The zero-order valence-electron chi connectivity index (χ0n) is 30.2. The zero-order valence-corrected chi connectivity index (χ0v) is 31.9. The third-order valence-corrected chi connectivity index (χ3v) is 12.8. The summed E-state index contributed by atoms with van der Waals surface area (Å²) in [5, 5.41) is 3.18. The van der Waals surface area contributed by atoms with E-state index in [1.807, 2.05) is 30.3 Å². The molecule has 1 aromatic heterocycles. The SMILES string of the molecule is CC(C)CCN1CCC(C[C@H](NC(=O)c2cc3cc(C(F)(F)P(=O)(O)O)ccc3s2)C(=O)N2CCC[C@H]2C(=O)N2CCO[C@H](c3ccccc3)C2)CC1. The molecule has 0 saturated carbocycles. The van der Waals surface area contributed by atoms with Crippen molar-refractivity contribution in [1.82, 2.24) is 20.0 Å². The lowest BCUT2D eigenvalue weighted by molar-refractivity contribution is -0.149. The molecule has 3 aliphatic heterocycles. The Labute approximate surface area is 312 Å². The van der Waals surface area contributed by atoms with E-state index in [4.69, 9.17) is 4.74 Å². The number of carbonyl (C=O) groups excluding carboxylic acids is 3. The van der Waals surface area contributed by atoms with Crippen molar-refractivity contribution >= 4 is 46.7 Å². The average Bonchev–Trinajstić information content (AvgIpc) is 3.81. The first-order valence-corrected chi connectivity index (χ1v) is 20.9. The molecule has 2 aromatic carbocycles. The number of nitrogens with zero attached hydrogens (tertiary/aromatic N) is 3. The zero-order chi connectivity index (χ0) is 37.9. The maximum Gasteiger partial charge on any atom is 0.399 e. The lowest BCUT2D eigenvalue weighted by Gasteiger charge is -2.38. The number of morpholine rings is 1. The highest BCUT2D eigenvalue weighted by Crippen LogP contribution is 2.59. The minimum atomic E-state index is -5.78. The number of piperidine rings is 1. The first-order valence-electron chi connectivity index (χ1n) is 18.5. The fourth-order valence-electron chi connectivity index (χ4n) is 7.60. The van der Waals surface area contributed by atoms with Gasteiger partial charge >= 0.3 is 13.3 Å². The van der Waals surface area contributed by atoms with Crippen LogP contribution >= 0.6 is 18.9 Å². The molecule has 0 spiro atoms. The van der Waals surface area contributed by atoms with Crippen LogP contribution in [-0.2, 0) is 24.6 Å².